The molecule has 1 saturated heterocycles. The Kier molecular flexibility index (Phi) is 9.56. The number of hydrogen-bond donors (Lipinski definition) is 2. The van der Waals surface area contributed by atoms with E-state index in [2.05, 4.69) is 15.6 Å². The molecule has 1 aliphatic heterocycles. The summed E-state index contributed by atoms with van der Waals surface area (Å²) in [6.07, 6.45) is 2.07. The van der Waals surface area contributed by atoms with Crippen LogP contribution in [0.2, 0.25) is 0 Å². The van der Waals surface area contributed by atoms with Crippen molar-refractivity contribution in [3.05, 3.63) is 75.3 Å². The van der Waals surface area contributed by atoms with E-state index in [-0.39, 0.29) is 41.8 Å². The molecule has 2 unspecified atom stereocenters. The summed E-state index contributed by atoms with van der Waals surface area (Å²) in [5, 5.41) is 17.2. The van der Waals surface area contributed by atoms with Crippen molar-refractivity contribution in [2.75, 3.05) is 13.2 Å². The van der Waals surface area contributed by atoms with Crippen LogP contribution in [-0.2, 0) is 11.3 Å². The number of aliphatic imine (C=N–C) groups is 1. The molecule has 1 aliphatic rings. The Morgan fingerprint density at radius 3 is 2.61 bits per heavy atom. The van der Waals surface area contributed by atoms with Crippen molar-refractivity contribution in [3.63, 3.8) is 0 Å². The summed E-state index contributed by atoms with van der Waals surface area (Å²) < 4.78 is 32.4. The van der Waals surface area contributed by atoms with E-state index in [1.54, 1.807) is 12.1 Å². The van der Waals surface area contributed by atoms with E-state index in [4.69, 9.17) is 4.74 Å². The molecule has 168 valence electrons. The van der Waals surface area contributed by atoms with Crippen molar-refractivity contribution in [1.29, 1.82) is 0 Å². The molecule has 2 atom stereocenters. The third-order valence-corrected chi connectivity index (χ3v) is 4.88. The molecular weight excluding hydrogens is 521 g/mol. The Bertz CT molecular complexity index is 906. The van der Waals surface area contributed by atoms with Gasteiger partial charge in [0, 0.05) is 25.3 Å². The first-order valence-electron chi connectivity index (χ1n) is 9.77. The molecule has 0 aliphatic carbocycles. The van der Waals surface area contributed by atoms with Gasteiger partial charge in [0.25, 0.3) is 5.69 Å². The average Bonchev–Trinajstić information content (AvgIpc) is 3.26. The number of rotatable bonds is 7. The molecule has 0 spiro atoms. The van der Waals surface area contributed by atoms with Gasteiger partial charge in [0.05, 0.1) is 23.6 Å². The fraction of sp³-hybridized carbons (Fsp3) is 0.381. The van der Waals surface area contributed by atoms with Crippen molar-refractivity contribution < 1.29 is 18.4 Å². The number of nitrogens with zero attached hydrogens (tertiary/aromatic N) is 2. The van der Waals surface area contributed by atoms with Crippen LogP contribution in [0.15, 0.2) is 47.5 Å². The maximum atomic E-state index is 13.6. The van der Waals surface area contributed by atoms with Gasteiger partial charge in [0.15, 0.2) is 17.6 Å². The first-order chi connectivity index (χ1) is 14.4. The fourth-order valence-corrected chi connectivity index (χ4v) is 3.13. The lowest BCUT2D eigenvalue weighted by Crippen LogP contribution is -2.42. The van der Waals surface area contributed by atoms with Crippen LogP contribution in [0.25, 0.3) is 0 Å². The molecule has 2 aromatic rings. The van der Waals surface area contributed by atoms with E-state index in [0.717, 1.165) is 37.1 Å². The van der Waals surface area contributed by atoms with Gasteiger partial charge >= 0.3 is 0 Å². The van der Waals surface area contributed by atoms with Crippen molar-refractivity contribution in [2.24, 2.45) is 4.99 Å². The second kappa shape index (κ2) is 11.9. The maximum Gasteiger partial charge on any atom is 0.269 e. The highest BCUT2D eigenvalue weighted by atomic mass is 127. The van der Waals surface area contributed by atoms with Crippen LogP contribution in [0.5, 0.6) is 0 Å². The lowest BCUT2D eigenvalue weighted by molar-refractivity contribution is -0.384. The minimum Gasteiger partial charge on any atom is -0.376 e. The Hall–Kier alpha value is -2.34. The number of nitro groups is 1. The third-order valence-electron chi connectivity index (χ3n) is 4.88. The zero-order valence-corrected chi connectivity index (χ0v) is 19.3. The molecule has 31 heavy (non-hydrogen) atoms. The van der Waals surface area contributed by atoms with Crippen molar-refractivity contribution in [1.82, 2.24) is 10.6 Å². The van der Waals surface area contributed by atoms with Gasteiger partial charge in [-0.1, -0.05) is 18.2 Å². The van der Waals surface area contributed by atoms with E-state index in [1.807, 2.05) is 6.92 Å². The minimum atomic E-state index is -0.905. The zero-order chi connectivity index (χ0) is 21.5. The largest absolute Gasteiger partial charge is 0.376 e. The standard InChI is InChI=1S/C21H24F2N4O3.HI/c1-14(16-6-9-19(22)20(23)11-16)26-21(25-13-18-3-2-10-30-18)24-12-15-4-7-17(8-5-15)27(28)29;/h4-9,11,14,18H,2-3,10,12-13H2,1H3,(H2,24,25,26);1H. The number of halogens is 3. The van der Waals surface area contributed by atoms with Gasteiger partial charge in [-0.15, -0.1) is 24.0 Å². The summed E-state index contributed by atoms with van der Waals surface area (Å²) in [5.74, 6) is -1.31. The Morgan fingerprint density at radius 2 is 2.00 bits per heavy atom. The quantitative estimate of drug-likeness (QED) is 0.176. The highest BCUT2D eigenvalue weighted by Gasteiger charge is 2.17. The van der Waals surface area contributed by atoms with Crippen LogP contribution in [0, 0.1) is 21.7 Å². The molecule has 10 heteroatoms. The van der Waals surface area contributed by atoms with Crippen molar-refractivity contribution in [2.45, 2.75) is 38.5 Å². The SMILES string of the molecule is CC(NC(=NCc1ccc([N+](=O)[O-])cc1)NCC1CCCO1)c1ccc(F)c(F)c1.I. The number of hydrogen-bond acceptors (Lipinski definition) is 4. The first kappa shape index (κ1) is 24.9. The third kappa shape index (κ3) is 7.39. The second-order valence-electron chi connectivity index (χ2n) is 7.14. The van der Waals surface area contributed by atoms with Gasteiger partial charge in [-0.2, -0.15) is 0 Å². The smallest absolute Gasteiger partial charge is 0.269 e. The molecule has 0 saturated carbocycles. The molecule has 0 amide bonds. The Labute approximate surface area is 196 Å². The topological polar surface area (TPSA) is 88.8 Å². The number of nitrogens with one attached hydrogen (secondary N) is 2. The van der Waals surface area contributed by atoms with Crippen LogP contribution in [0.3, 0.4) is 0 Å². The number of nitro benzene ring substituents is 1. The van der Waals surface area contributed by atoms with E-state index >= 15 is 0 Å². The van der Waals surface area contributed by atoms with E-state index in [1.165, 1.54) is 18.2 Å². The number of non-ortho nitro benzene ring substituents is 1. The summed E-state index contributed by atoms with van der Waals surface area (Å²) in [6.45, 7) is 3.42. The van der Waals surface area contributed by atoms with Crippen LogP contribution >= 0.6 is 24.0 Å². The van der Waals surface area contributed by atoms with E-state index < -0.39 is 16.6 Å². The summed E-state index contributed by atoms with van der Waals surface area (Å²) in [4.78, 5) is 14.9. The molecule has 1 fully saturated rings. The lowest BCUT2D eigenvalue weighted by atomic mass is 10.1. The molecule has 1 heterocycles. The highest BCUT2D eigenvalue weighted by molar-refractivity contribution is 14.0. The predicted octanol–water partition coefficient (Wildman–Crippen LogP) is 4.47. The van der Waals surface area contributed by atoms with Gasteiger partial charge in [-0.25, -0.2) is 13.8 Å². The molecule has 7 nitrogen and oxygen atoms in total. The molecule has 0 aromatic heterocycles. The zero-order valence-electron chi connectivity index (χ0n) is 17.0. The fourth-order valence-electron chi connectivity index (χ4n) is 3.13. The number of guanidine groups is 1. The van der Waals surface area contributed by atoms with Crippen LogP contribution < -0.4 is 10.6 Å². The van der Waals surface area contributed by atoms with Crippen molar-refractivity contribution in [3.8, 4) is 0 Å². The molecule has 2 aromatic carbocycles. The normalized spacial score (nSPS) is 17.0. The predicted molar refractivity (Wildman–Crippen MR) is 125 cm³/mol. The summed E-state index contributed by atoms with van der Waals surface area (Å²) in [6, 6.07) is 9.61. The Morgan fingerprint density at radius 1 is 1.26 bits per heavy atom. The molecular formula is C21H25F2IN4O3. The monoisotopic (exact) mass is 546 g/mol. The summed E-state index contributed by atoms with van der Waals surface area (Å²) >= 11 is 0. The van der Waals surface area contributed by atoms with Crippen molar-refractivity contribution >= 4 is 35.6 Å². The Balaban J connectivity index is 0.00000341. The minimum absolute atomic E-state index is 0. The molecule has 0 bridgehead atoms. The number of benzene rings is 2. The molecule has 0 radical (unpaired) electrons. The summed E-state index contributed by atoms with van der Waals surface area (Å²) in [5.41, 5.74) is 1.40. The maximum absolute atomic E-state index is 13.6. The lowest BCUT2D eigenvalue weighted by Gasteiger charge is -2.20. The van der Waals surface area contributed by atoms with Crippen LogP contribution in [-0.4, -0.2) is 30.1 Å². The van der Waals surface area contributed by atoms with Gasteiger partial charge in [-0.05, 0) is 43.0 Å². The second-order valence-corrected chi connectivity index (χ2v) is 7.14. The average molecular weight is 546 g/mol. The van der Waals surface area contributed by atoms with Crippen LogP contribution in [0.4, 0.5) is 14.5 Å². The van der Waals surface area contributed by atoms with Gasteiger partial charge in [0.2, 0.25) is 0 Å². The molecule has 3 rings (SSSR count). The van der Waals surface area contributed by atoms with E-state index in [9.17, 15) is 18.9 Å². The first-order valence-corrected chi connectivity index (χ1v) is 9.77. The highest BCUT2D eigenvalue weighted by Crippen LogP contribution is 2.17. The summed E-state index contributed by atoms with van der Waals surface area (Å²) in [7, 11) is 0. The van der Waals surface area contributed by atoms with Gasteiger partial charge in [0.1, 0.15) is 0 Å². The van der Waals surface area contributed by atoms with Crippen LogP contribution in [0.1, 0.15) is 36.9 Å². The van der Waals surface area contributed by atoms with Gasteiger partial charge in [-0.3, -0.25) is 10.1 Å². The number of ether oxygens (including phenoxy) is 1. The van der Waals surface area contributed by atoms with Gasteiger partial charge < -0.3 is 15.4 Å². The van der Waals surface area contributed by atoms with E-state index in [0.29, 0.717) is 24.6 Å². The molecule has 2 N–H and O–H groups in total.